The van der Waals surface area contributed by atoms with Crippen molar-refractivity contribution in [3.8, 4) is 11.8 Å². The Morgan fingerprint density at radius 2 is 2.00 bits per heavy atom. The molecule has 0 saturated carbocycles. The Morgan fingerprint density at radius 3 is 2.60 bits per heavy atom. The van der Waals surface area contributed by atoms with Crippen molar-refractivity contribution in [3.05, 3.63) is 41.2 Å². The van der Waals surface area contributed by atoms with E-state index in [1.807, 2.05) is 0 Å². The fourth-order valence-electron chi connectivity index (χ4n) is 1.00. The lowest BCUT2D eigenvalue weighted by molar-refractivity contribution is 0.331. The van der Waals surface area contributed by atoms with Crippen LogP contribution in [0.1, 0.15) is 5.69 Å². The molecule has 15 heavy (non-hydrogen) atoms. The van der Waals surface area contributed by atoms with E-state index in [4.69, 9.17) is 32.4 Å². The number of alkyl halides is 1. The van der Waals surface area contributed by atoms with Crippen molar-refractivity contribution in [2.24, 2.45) is 0 Å². The molecule has 0 bridgehead atoms. The topological polar surface area (TPSA) is 35.3 Å². The maximum atomic E-state index is 5.73. The van der Waals surface area contributed by atoms with Crippen molar-refractivity contribution in [1.29, 1.82) is 0 Å². The van der Waals surface area contributed by atoms with Gasteiger partial charge in [0.25, 0.3) is 0 Å². The van der Waals surface area contributed by atoms with Crippen LogP contribution in [-0.4, -0.2) is 4.98 Å². The molecule has 0 aliphatic rings. The van der Waals surface area contributed by atoms with Gasteiger partial charge in [0.2, 0.25) is 0 Å². The highest BCUT2D eigenvalue weighted by molar-refractivity contribution is 6.30. The van der Waals surface area contributed by atoms with Crippen LogP contribution in [0.4, 0.5) is 0 Å². The molecule has 78 valence electrons. The minimum Gasteiger partial charge on any atom is -0.417 e. The molecule has 0 atom stereocenters. The number of oxazole rings is 1. The van der Waals surface area contributed by atoms with Crippen LogP contribution in [0, 0.1) is 0 Å². The average molecular weight is 244 g/mol. The van der Waals surface area contributed by atoms with Gasteiger partial charge in [-0.25, -0.2) is 0 Å². The maximum absolute atomic E-state index is 5.73. The molecular weight excluding hydrogens is 237 g/mol. The zero-order valence-electron chi connectivity index (χ0n) is 7.61. The smallest absolute Gasteiger partial charge is 0.399 e. The molecule has 0 radical (unpaired) electrons. The second-order valence-electron chi connectivity index (χ2n) is 2.79. The summed E-state index contributed by atoms with van der Waals surface area (Å²) < 4.78 is 10.4. The largest absolute Gasteiger partial charge is 0.417 e. The molecule has 1 heterocycles. The molecule has 2 aromatic rings. The molecule has 5 heteroatoms. The highest BCUT2D eigenvalue weighted by atomic mass is 35.5. The third kappa shape index (κ3) is 2.64. The number of rotatable bonds is 3. The van der Waals surface area contributed by atoms with Crippen molar-refractivity contribution in [2.75, 3.05) is 0 Å². The Bertz CT molecular complexity index is 439. The highest BCUT2D eigenvalue weighted by Crippen LogP contribution is 2.22. The third-order valence-corrected chi connectivity index (χ3v) is 2.21. The van der Waals surface area contributed by atoms with Crippen molar-refractivity contribution >= 4 is 23.2 Å². The standard InChI is InChI=1S/C10H7Cl2NO2/c11-5-8-6-14-10(13-8)15-9-3-1-7(12)2-4-9/h1-4,6H,5H2. The first-order valence-electron chi connectivity index (χ1n) is 4.22. The van der Waals surface area contributed by atoms with Gasteiger partial charge in [-0.2, -0.15) is 4.98 Å². The molecule has 0 aliphatic heterocycles. The van der Waals surface area contributed by atoms with Crippen LogP contribution < -0.4 is 4.74 Å². The van der Waals surface area contributed by atoms with Gasteiger partial charge in [0.15, 0.2) is 0 Å². The Balaban J connectivity index is 2.11. The van der Waals surface area contributed by atoms with Crippen molar-refractivity contribution in [1.82, 2.24) is 4.98 Å². The van der Waals surface area contributed by atoms with Gasteiger partial charge in [0.05, 0.1) is 11.6 Å². The van der Waals surface area contributed by atoms with Gasteiger partial charge in [-0.05, 0) is 24.3 Å². The molecule has 0 amide bonds. The Hall–Kier alpha value is -1.19. The van der Waals surface area contributed by atoms with E-state index < -0.39 is 0 Å². The van der Waals surface area contributed by atoms with Gasteiger partial charge in [-0.15, -0.1) is 11.6 Å². The van der Waals surface area contributed by atoms with E-state index in [1.165, 1.54) is 6.26 Å². The Labute approximate surface area is 96.6 Å². The molecule has 1 aromatic heterocycles. The summed E-state index contributed by atoms with van der Waals surface area (Å²) >= 11 is 11.3. The number of benzene rings is 1. The van der Waals surface area contributed by atoms with Crippen LogP contribution in [-0.2, 0) is 5.88 Å². The number of hydrogen-bond acceptors (Lipinski definition) is 3. The summed E-state index contributed by atoms with van der Waals surface area (Å²) in [6.07, 6.45) is 1.63. The number of ether oxygens (including phenoxy) is 1. The summed E-state index contributed by atoms with van der Waals surface area (Å²) in [5.41, 5.74) is 0.639. The van der Waals surface area contributed by atoms with E-state index in [-0.39, 0.29) is 6.08 Å². The fourth-order valence-corrected chi connectivity index (χ4v) is 1.25. The van der Waals surface area contributed by atoms with E-state index in [2.05, 4.69) is 4.98 Å². The summed E-state index contributed by atoms with van der Waals surface area (Å²) in [5, 5.41) is 0.649. The summed E-state index contributed by atoms with van der Waals surface area (Å²) in [6.45, 7) is 0. The van der Waals surface area contributed by atoms with E-state index in [0.29, 0.717) is 22.3 Å². The number of halogens is 2. The highest BCUT2D eigenvalue weighted by Gasteiger charge is 2.05. The minimum atomic E-state index is 0.174. The first kappa shape index (κ1) is 10.3. The summed E-state index contributed by atoms with van der Waals surface area (Å²) in [4.78, 5) is 3.99. The summed E-state index contributed by atoms with van der Waals surface area (Å²) in [5.74, 6) is 0.912. The molecule has 0 unspecified atom stereocenters. The second-order valence-corrected chi connectivity index (χ2v) is 3.50. The van der Waals surface area contributed by atoms with E-state index in [1.54, 1.807) is 24.3 Å². The van der Waals surface area contributed by atoms with Gasteiger partial charge in [-0.1, -0.05) is 11.6 Å². The van der Waals surface area contributed by atoms with Gasteiger partial charge in [0, 0.05) is 5.02 Å². The van der Waals surface area contributed by atoms with Crippen LogP contribution in [0.25, 0.3) is 0 Å². The first-order chi connectivity index (χ1) is 7.28. The number of nitrogens with zero attached hydrogens (tertiary/aromatic N) is 1. The molecule has 0 spiro atoms. The second kappa shape index (κ2) is 4.55. The summed E-state index contributed by atoms with van der Waals surface area (Å²) in [7, 11) is 0. The molecule has 0 saturated heterocycles. The molecule has 0 fully saturated rings. The Morgan fingerprint density at radius 1 is 1.27 bits per heavy atom. The Kier molecular flexibility index (Phi) is 3.14. The van der Waals surface area contributed by atoms with Gasteiger partial charge < -0.3 is 9.15 Å². The normalized spacial score (nSPS) is 10.3. The molecular formula is C10H7Cl2NO2. The minimum absolute atomic E-state index is 0.174. The number of aromatic nitrogens is 1. The lowest BCUT2D eigenvalue weighted by atomic mass is 10.3. The number of hydrogen-bond donors (Lipinski definition) is 0. The molecule has 3 nitrogen and oxygen atoms in total. The third-order valence-electron chi connectivity index (χ3n) is 1.69. The molecule has 0 N–H and O–H groups in total. The predicted octanol–water partition coefficient (Wildman–Crippen LogP) is 3.86. The van der Waals surface area contributed by atoms with Gasteiger partial charge in [-0.3, -0.25) is 0 Å². The van der Waals surface area contributed by atoms with Gasteiger partial charge in [0.1, 0.15) is 12.0 Å². The van der Waals surface area contributed by atoms with Crippen molar-refractivity contribution in [3.63, 3.8) is 0 Å². The predicted molar refractivity (Wildman–Crippen MR) is 57.6 cm³/mol. The van der Waals surface area contributed by atoms with Crippen LogP contribution >= 0.6 is 23.2 Å². The quantitative estimate of drug-likeness (QED) is 0.769. The summed E-state index contributed by atoms with van der Waals surface area (Å²) in [6, 6.07) is 6.91. The van der Waals surface area contributed by atoms with Crippen LogP contribution in [0.2, 0.25) is 5.02 Å². The maximum Gasteiger partial charge on any atom is 0.399 e. The first-order valence-corrected chi connectivity index (χ1v) is 5.13. The fraction of sp³-hybridized carbons (Fsp3) is 0.100. The molecule has 1 aromatic carbocycles. The van der Waals surface area contributed by atoms with Crippen LogP contribution in [0.3, 0.4) is 0 Å². The zero-order chi connectivity index (χ0) is 10.7. The molecule has 2 rings (SSSR count). The van der Waals surface area contributed by atoms with Crippen molar-refractivity contribution in [2.45, 2.75) is 5.88 Å². The van der Waals surface area contributed by atoms with Crippen LogP contribution in [0.15, 0.2) is 34.9 Å². The van der Waals surface area contributed by atoms with E-state index >= 15 is 0 Å². The zero-order valence-corrected chi connectivity index (χ0v) is 9.13. The van der Waals surface area contributed by atoms with Crippen LogP contribution in [0.5, 0.6) is 11.8 Å². The monoisotopic (exact) mass is 243 g/mol. The average Bonchev–Trinajstić information content (AvgIpc) is 2.69. The lowest BCUT2D eigenvalue weighted by Gasteiger charge is -1.99. The van der Waals surface area contributed by atoms with E-state index in [0.717, 1.165) is 0 Å². The lowest BCUT2D eigenvalue weighted by Crippen LogP contribution is -1.84. The van der Waals surface area contributed by atoms with E-state index in [9.17, 15) is 0 Å². The van der Waals surface area contributed by atoms with Crippen molar-refractivity contribution < 1.29 is 9.15 Å². The SMILES string of the molecule is ClCc1coc(Oc2ccc(Cl)cc2)n1. The molecule has 0 aliphatic carbocycles. The van der Waals surface area contributed by atoms with Gasteiger partial charge >= 0.3 is 6.08 Å².